The van der Waals surface area contributed by atoms with Crippen LogP contribution in [0.25, 0.3) is 10.2 Å². The van der Waals surface area contributed by atoms with Crippen molar-refractivity contribution in [2.45, 2.75) is 19.4 Å². The third-order valence-corrected chi connectivity index (χ3v) is 5.94. The number of benzene rings is 1. The number of nitrogens with zero attached hydrogens (tertiary/aromatic N) is 1. The SMILES string of the molecule is O=C(NCC1CC1)c1cc2sc(Br)cc2n1CCOc1ccccc1. The third kappa shape index (κ3) is 3.90. The number of halogens is 1. The van der Waals surface area contributed by atoms with Gasteiger partial charge in [0.15, 0.2) is 0 Å². The van der Waals surface area contributed by atoms with Gasteiger partial charge in [0.1, 0.15) is 18.1 Å². The highest BCUT2D eigenvalue weighted by Gasteiger charge is 2.23. The van der Waals surface area contributed by atoms with E-state index in [2.05, 4.69) is 31.9 Å². The fraction of sp³-hybridized carbons (Fsp3) is 0.316. The van der Waals surface area contributed by atoms with E-state index in [0.29, 0.717) is 24.8 Å². The monoisotopic (exact) mass is 418 g/mol. The summed E-state index contributed by atoms with van der Waals surface area (Å²) in [5, 5.41) is 3.07. The van der Waals surface area contributed by atoms with E-state index in [1.165, 1.54) is 12.8 Å². The summed E-state index contributed by atoms with van der Waals surface area (Å²) in [4.78, 5) is 12.6. The van der Waals surface area contributed by atoms with Crippen molar-refractivity contribution in [3.8, 4) is 5.75 Å². The van der Waals surface area contributed by atoms with Crippen LogP contribution in [0.2, 0.25) is 0 Å². The van der Waals surface area contributed by atoms with Crippen molar-refractivity contribution in [3.63, 3.8) is 0 Å². The Morgan fingerprint density at radius 2 is 2.08 bits per heavy atom. The standard InChI is InChI=1S/C19H19BrN2O2S/c20-18-11-15-17(25-18)10-16(19(23)21-12-13-6-7-13)22(15)8-9-24-14-4-2-1-3-5-14/h1-5,10-11,13H,6-9,12H2,(H,21,23). The molecule has 130 valence electrons. The smallest absolute Gasteiger partial charge is 0.267 e. The third-order valence-electron chi connectivity index (χ3n) is 4.37. The van der Waals surface area contributed by atoms with Crippen molar-refractivity contribution >= 4 is 43.4 Å². The Balaban J connectivity index is 1.51. The molecule has 0 bridgehead atoms. The van der Waals surface area contributed by atoms with Gasteiger partial charge in [0.25, 0.3) is 5.91 Å². The zero-order valence-corrected chi connectivity index (χ0v) is 16.1. The number of ether oxygens (including phenoxy) is 1. The van der Waals surface area contributed by atoms with Crippen LogP contribution in [-0.2, 0) is 6.54 Å². The first-order chi connectivity index (χ1) is 12.2. The first-order valence-electron chi connectivity index (χ1n) is 8.45. The molecule has 1 aliphatic carbocycles. The second-order valence-electron chi connectivity index (χ2n) is 6.30. The van der Waals surface area contributed by atoms with E-state index in [1.54, 1.807) is 11.3 Å². The minimum atomic E-state index is 0.00568. The maximum atomic E-state index is 12.6. The molecule has 1 saturated carbocycles. The predicted molar refractivity (Wildman–Crippen MR) is 105 cm³/mol. The average Bonchev–Trinajstić information content (AvgIpc) is 3.29. The minimum absolute atomic E-state index is 0.00568. The topological polar surface area (TPSA) is 43.3 Å². The molecule has 2 heterocycles. The quantitative estimate of drug-likeness (QED) is 0.604. The molecule has 1 fully saturated rings. The summed E-state index contributed by atoms with van der Waals surface area (Å²) in [6.45, 7) is 1.93. The number of rotatable bonds is 7. The number of hydrogen-bond donors (Lipinski definition) is 1. The normalized spacial score (nSPS) is 14.0. The van der Waals surface area contributed by atoms with E-state index >= 15 is 0 Å². The average molecular weight is 419 g/mol. The Kier molecular flexibility index (Phi) is 4.81. The predicted octanol–water partition coefficient (Wildman–Crippen LogP) is 4.68. The lowest BCUT2D eigenvalue weighted by Crippen LogP contribution is -2.28. The van der Waals surface area contributed by atoms with Gasteiger partial charge in [-0.25, -0.2) is 0 Å². The van der Waals surface area contributed by atoms with Gasteiger partial charge in [0, 0.05) is 6.54 Å². The fourth-order valence-electron chi connectivity index (χ4n) is 2.86. The van der Waals surface area contributed by atoms with E-state index in [1.807, 2.05) is 36.4 Å². The Labute approximate surface area is 158 Å². The first kappa shape index (κ1) is 16.7. The maximum Gasteiger partial charge on any atom is 0.267 e. The summed E-state index contributed by atoms with van der Waals surface area (Å²) >= 11 is 5.18. The van der Waals surface area contributed by atoms with Crippen LogP contribution in [0.3, 0.4) is 0 Å². The van der Waals surface area contributed by atoms with Gasteiger partial charge in [-0.15, -0.1) is 11.3 Å². The van der Waals surface area contributed by atoms with Gasteiger partial charge in [-0.3, -0.25) is 4.79 Å². The lowest BCUT2D eigenvalue weighted by molar-refractivity contribution is 0.0942. The van der Waals surface area contributed by atoms with Crippen LogP contribution in [0.5, 0.6) is 5.75 Å². The summed E-state index contributed by atoms with van der Waals surface area (Å²) in [5.41, 5.74) is 1.79. The number of nitrogens with one attached hydrogen (secondary N) is 1. The summed E-state index contributed by atoms with van der Waals surface area (Å²) in [7, 11) is 0. The molecule has 0 radical (unpaired) electrons. The highest BCUT2D eigenvalue weighted by molar-refractivity contribution is 9.11. The highest BCUT2D eigenvalue weighted by atomic mass is 79.9. The van der Waals surface area contributed by atoms with Gasteiger partial charge in [-0.05, 0) is 59.0 Å². The van der Waals surface area contributed by atoms with Crippen LogP contribution < -0.4 is 10.1 Å². The van der Waals surface area contributed by atoms with Crippen LogP contribution in [0.4, 0.5) is 0 Å². The number of amides is 1. The number of carbonyl (C=O) groups excluding carboxylic acids is 1. The van der Waals surface area contributed by atoms with E-state index in [-0.39, 0.29) is 5.91 Å². The molecule has 3 aromatic rings. The Bertz CT molecular complexity index is 884. The molecule has 1 amide bonds. The van der Waals surface area contributed by atoms with Crippen LogP contribution in [0, 0.1) is 5.92 Å². The molecule has 2 aromatic heterocycles. The van der Waals surface area contributed by atoms with Crippen molar-refractivity contribution in [1.82, 2.24) is 9.88 Å². The molecule has 6 heteroatoms. The van der Waals surface area contributed by atoms with Crippen molar-refractivity contribution < 1.29 is 9.53 Å². The molecule has 1 aliphatic rings. The number of carbonyl (C=O) groups is 1. The number of para-hydroxylation sites is 1. The number of fused-ring (bicyclic) bond motifs is 1. The van der Waals surface area contributed by atoms with Gasteiger partial charge in [0.05, 0.1) is 20.5 Å². The van der Waals surface area contributed by atoms with Crippen LogP contribution in [-0.4, -0.2) is 23.6 Å². The number of thiophene rings is 1. The molecule has 1 N–H and O–H groups in total. The van der Waals surface area contributed by atoms with Crippen LogP contribution in [0.1, 0.15) is 23.3 Å². The van der Waals surface area contributed by atoms with Crippen molar-refractivity contribution in [2.24, 2.45) is 5.92 Å². The number of hydrogen-bond acceptors (Lipinski definition) is 3. The molecule has 4 nitrogen and oxygen atoms in total. The molecule has 0 atom stereocenters. The van der Waals surface area contributed by atoms with Gasteiger partial charge in [-0.2, -0.15) is 0 Å². The second-order valence-corrected chi connectivity index (χ2v) is 8.76. The lowest BCUT2D eigenvalue weighted by Gasteiger charge is -2.12. The van der Waals surface area contributed by atoms with Gasteiger partial charge >= 0.3 is 0 Å². The molecule has 1 aromatic carbocycles. The molecule has 0 unspecified atom stereocenters. The van der Waals surface area contributed by atoms with E-state index in [9.17, 15) is 4.79 Å². The summed E-state index contributed by atoms with van der Waals surface area (Å²) in [5.74, 6) is 1.52. The molecule has 4 rings (SSSR count). The second kappa shape index (κ2) is 7.22. The van der Waals surface area contributed by atoms with Crippen LogP contribution in [0.15, 0.2) is 46.3 Å². The summed E-state index contributed by atoms with van der Waals surface area (Å²) in [6, 6.07) is 13.8. The minimum Gasteiger partial charge on any atom is -0.492 e. The zero-order valence-electron chi connectivity index (χ0n) is 13.7. The zero-order chi connectivity index (χ0) is 17.2. The van der Waals surface area contributed by atoms with E-state index in [0.717, 1.165) is 26.3 Å². The van der Waals surface area contributed by atoms with Gasteiger partial charge in [0.2, 0.25) is 0 Å². The molecule has 0 saturated heterocycles. The number of aromatic nitrogens is 1. The van der Waals surface area contributed by atoms with Crippen LogP contribution >= 0.6 is 27.3 Å². The van der Waals surface area contributed by atoms with Crippen molar-refractivity contribution in [1.29, 1.82) is 0 Å². The van der Waals surface area contributed by atoms with Gasteiger partial charge in [-0.1, -0.05) is 18.2 Å². The Morgan fingerprint density at radius 3 is 2.84 bits per heavy atom. The van der Waals surface area contributed by atoms with Crippen molar-refractivity contribution in [2.75, 3.05) is 13.2 Å². The molecule has 0 spiro atoms. The first-order valence-corrected chi connectivity index (χ1v) is 10.1. The van der Waals surface area contributed by atoms with Crippen molar-refractivity contribution in [3.05, 3.63) is 51.9 Å². The Morgan fingerprint density at radius 1 is 1.28 bits per heavy atom. The maximum absolute atomic E-state index is 12.6. The molecule has 0 aliphatic heterocycles. The van der Waals surface area contributed by atoms with E-state index in [4.69, 9.17) is 4.74 Å². The molecular weight excluding hydrogens is 400 g/mol. The Hall–Kier alpha value is -1.79. The highest BCUT2D eigenvalue weighted by Crippen LogP contribution is 2.33. The largest absolute Gasteiger partial charge is 0.492 e. The van der Waals surface area contributed by atoms with E-state index < -0.39 is 0 Å². The summed E-state index contributed by atoms with van der Waals surface area (Å²) < 4.78 is 10.1. The fourth-order valence-corrected chi connectivity index (χ4v) is 4.43. The summed E-state index contributed by atoms with van der Waals surface area (Å²) in [6.07, 6.45) is 2.46. The lowest BCUT2D eigenvalue weighted by atomic mass is 10.3. The van der Waals surface area contributed by atoms with Gasteiger partial charge < -0.3 is 14.6 Å². The molecule has 25 heavy (non-hydrogen) atoms. The molecular formula is C19H19BrN2O2S.